The highest BCUT2D eigenvalue weighted by molar-refractivity contribution is 14.0. The highest BCUT2D eigenvalue weighted by Gasteiger charge is 2.12. The van der Waals surface area contributed by atoms with E-state index in [1.54, 1.807) is 0 Å². The molecule has 1 aliphatic rings. The number of anilines is 1. The van der Waals surface area contributed by atoms with Crippen LogP contribution in [-0.4, -0.2) is 37.4 Å². The normalized spacial score (nSPS) is 14.1. The number of nitrogens with two attached hydrogens (primary N) is 1. The predicted octanol–water partition coefficient (Wildman–Crippen LogP) is 2.31. The predicted molar refractivity (Wildman–Crippen MR) is 101 cm³/mol. The van der Waals surface area contributed by atoms with E-state index < -0.39 is 0 Å². The Morgan fingerprint density at radius 2 is 2.09 bits per heavy atom. The molecule has 0 bridgehead atoms. The van der Waals surface area contributed by atoms with Gasteiger partial charge in [-0.3, -0.25) is 4.99 Å². The fraction of sp³-hybridized carbons (Fsp3) is 0.562. The summed E-state index contributed by atoms with van der Waals surface area (Å²) in [5.41, 5.74) is 9.84. The highest BCUT2D eigenvalue weighted by Crippen LogP contribution is 2.27. The number of fused-ring (bicyclic) bond motifs is 1. The van der Waals surface area contributed by atoms with Crippen LogP contribution in [0.15, 0.2) is 23.2 Å². The van der Waals surface area contributed by atoms with E-state index in [1.165, 1.54) is 24.0 Å². The first-order valence-corrected chi connectivity index (χ1v) is 7.67. The van der Waals surface area contributed by atoms with Crippen molar-refractivity contribution < 1.29 is 9.84 Å². The lowest BCUT2D eigenvalue weighted by molar-refractivity contribution is 0.0918. The Balaban J connectivity index is 0.00000242. The Hall–Kier alpha value is -0.860. The van der Waals surface area contributed by atoms with E-state index in [9.17, 15) is 0 Å². The van der Waals surface area contributed by atoms with Gasteiger partial charge in [0.1, 0.15) is 0 Å². The van der Waals surface area contributed by atoms with Crippen molar-refractivity contribution in [2.75, 3.05) is 31.7 Å². The molecule has 0 fully saturated rings. The summed E-state index contributed by atoms with van der Waals surface area (Å²) in [7, 11) is 0. The zero-order valence-corrected chi connectivity index (χ0v) is 15.2. The van der Waals surface area contributed by atoms with Gasteiger partial charge >= 0.3 is 0 Å². The van der Waals surface area contributed by atoms with E-state index in [0.717, 1.165) is 24.9 Å². The van der Waals surface area contributed by atoms with Gasteiger partial charge in [-0.1, -0.05) is 12.1 Å². The molecule has 0 saturated heterocycles. The Bertz CT molecular complexity index is 480. The summed E-state index contributed by atoms with van der Waals surface area (Å²) >= 11 is 0. The monoisotopic (exact) mass is 419 g/mol. The van der Waals surface area contributed by atoms with Crippen LogP contribution in [0.2, 0.25) is 0 Å². The standard InChI is InChI=1S/C16H25N3O2.HI/c17-16(18-9-4-11-21-12-10-20)19-15-8-3-6-13-5-1-2-7-14(13)15;/h3,6,8,20H,1-2,4-5,7,9-12H2,(H3,17,18,19);1H. The van der Waals surface area contributed by atoms with E-state index in [2.05, 4.69) is 28.5 Å². The van der Waals surface area contributed by atoms with Crippen LogP contribution in [-0.2, 0) is 17.6 Å². The van der Waals surface area contributed by atoms with Crippen molar-refractivity contribution in [2.45, 2.75) is 32.1 Å². The second kappa shape index (κ2) is 10.8. The van der Waals surface area contributed by atoms with Gasteiger partial charge in [-0.2, -0.15) is 0 Å². The summed E-state index contributed by atoms with van der Waals surface area (Å²) in [5, 5.41) is 11.8. The molecule has 0 aliphatic heterocycles. The first kappa shape index (κ1) is 19.2. The molecule has 6 heteroatoms. The van der Waals surface area contributed by atoms with Crippen LogP contribution in [0, 0.1) is 0 Å². The highest BCUT2D eigenvalue weighted by atomic mass is 127. The number of nitrogens with one attached hydrogen (secondary N) is 1. The minimum absolute atomic E-state index is 0. The SMILES string of the molecule is I.NC(=NCCCOCCO)Nc1cccc2c1CCCC2. The molecule has 1 aromatic carbocycles. The van der Waals surface area contributed by atoms with Gasteiger partial charge in [0.2, 0.25) is 0 Å². The summed E-state index contributed by atoms with van der Waals surface area (Å²) in [4.78, 5) is 4.31. The van der Waals surface area contributed by atoms with Crippen LogP contribution in [0.4, 0.5) is 5.69 Å². The van der Waals surface area contributed by atoms with Gasteiger partial charge < -0.3 is 20.9 Å². The Morgan fingerprint density at radius 3 is 2.91 bits per heavy atom. The Morgan fingerprint density at radius 1 is 1.27 bits per heavy atom. The summed E-state index contributed by atoms with van der Waals surface area (Å²) < 4.78 is 5.18. The fourth-order valence-corrected chi connectivity index (χ4v) is 2.61. The van der Waals surface area contributed by atoms with Gasteiger partial charge in [-0.05, 0) is 49.3 Å². The van der Waals surface area contributed by atoms with Gasteiger partial charge in [-0.15, -0.1) is 24.0 Å². The van der Waals surface area contributed by atoms with Gasteiger partial charge in [0.15, 0.2) is 5.96 Å². The molecule has 5 nitrogen and oxygen atoms in total. The molecule has 1 aliphatic carbocycles. The summed E-state index contributed by atoms with van der Waals surface area (Å²) in [5.74, 6) is 0.455. The molecule has 22 heavy (non-hydrogen) atoms. The summed E-state index contributed by atoms with van der Waals surface area (Å²) in [6.07, 6.45) is 5.58. The third-order valence-electron chi connectivity index (χ3n) is 3.62. The van der Waals surface area contributed by atoms with Crippen LogP contribution in [0.25, 0.3) is 0 Å². The van der Waals surface area contributed by atoms with Gasteiger partial charge in [0.05, 0.1) is 13.2 Å². The molecular weight excluding hydrogens is 393 g/mol. The third-order valence-corrected chi connectivity index (χ3v) is 3.62. The zero-order valence-electron chi connectivity index (χ0n) is 12.9. The molecule has 2 rings (SSSR count). The second-order valence-corrected chi connectivity index (χ2v) is 5.23. The number of rotatable bonds is 7. The quantitative estimate of drug-likeness (QED) is 0.274. The molecule has 0 heterocycles. The minimum Gasteiger partial charge on any atom is -0.394 e. The van der Waals surface area contributed by atoms with Gasteiger partial charge in [0.25, 0.3) is 0 Å². The van der Waals surface area contributed by atoms with Crippen LogP contribution < -0.4 is 11.1 Å². The van der Waals surface area contributed by atoms with Crippen molar-refractivity contribution in [3.63, 3.8) is 0 Å². The summed E-state index contributed by atoms with van der Waals surface area (Å²) in [6, 6.07) is 6.34. The summed E-state index contributed by atoms with van der Waals surface area (Å²) in [6.45, 7) is 1.66. The number of nitrogens with zero attached hydrogens (tertiary/aromatic N) is 1. The minimum atomic E-state index is 0. The van der Waals surface area contributed by atoms with Crippen LogP contribution in [0.3, 0.4) is 0 Å². The number of benzene rings is 1. The maximum atomic E-state index is 8.59. The molecule has 0 spiro atoms. The number of aliphatic hydroxyl groups excluding tert-OH is 1. The molecule has 124 valence electrons. The number of hydrogen-bond donors (Lipinski definition) is 3. The van der Waals surface area contributed by atoms with E-state index in [4.69, 9.17) is 15.6 Å². The van der Waals surface area contributed by atoms with E-state index in [-0.39, 0.29) is 30.6 Å². The lowest BCUT2D eigenvalue weighted by atomic mass is 9.90. The lowest BCUT2D eigenvalue weighted by Crippen LogP contribution is -2.24. The third kappa shape index (κ3) is 6.10. The second-order valence-electron chi connectivity index (χ2n) is 5.23. The number of guanidine groups is 1. The smallest absolute Gasteiger partial charge is 0.193 e. The molecule has 4 N–H and O–H groups in total. The first-order valence-electron chi connectivity index (χ1n) is 7.67. The van der Waals surface area contributed by atoms with Crippen molar-refractivity contribution >= 4 is 35.6 Å². The van der Waals surface area contributed by atoms with E-state index >= 15 is 0 Å². The van der Waals surface area contributed by atoms with Crippen molar-refractivity contribution in [3.05, 3.63) is 29.3 Å². The molecular formula is C16H26IN3O2. The fourth-order valence-electron chi connectivity index (χ4n) is 2.61. The van der Waals surface area contributed by atoms with E-state index in [0.29, 0.717) is 25.7 Å². The number of halogens is 1. The largest absolute Gasteiger partial charge is 0.394 e. The van der Waals surface area contributed by atoms with Crippen LogP contribution >= 0.6 is 24.0 Å². The molecule has 0 unspecified atom stereocenters. The Kier molecular flexibility index (Phi) is 9.42. The van der Waals surface area contributed by atoms with Crippen LogP contribution in [0.1, 0.15) is 30.4 Å². The lowest BCUT2D eigenvalue weighted by Gasteiger charge is -2.19. The topological polar surface area (TPSA) is 79.9 Å². The van der Waals surface area contributed by atoms with Gasteiger partial charge in [0, 0.05) is 18.8 Å². The number of ether oxygens (including phenoxy) is 1. The molecule has 0 amide bonds. The average Bonchev–Trinajstić information content (AvgIpc) is 2.51. The number of aliphatic imine (C=N–C) groups is 1. The molecule has 1 aromatic rings. The Labute approximate surface area is 149 Å². The zero-order chi connectivity index (χ0) is 14.9. The van der Waals surface area contributed by atoms with Crippen molar-refractivity contribution in [1.82, 2.24) is 0 Å². The molecule has 0 aromatic heterocycles. The number of aryl methyl sites for hydroxylation is 1. The first-order chi connectivity index (χ1) is 10.3. The van der Waals surface area contributed by atoms with E-state index in [1.807, 2.05) is 0 Å². The molecule has 0 radical (unpaired) electrons. The van der Waals surface area contributed by atoms with Crippen molar-refractivity contribution in [1.29, 1.82) is 0 Å². The number of hydrogen-bond acceptors (Lipinski definition) is 3. The maximum absolute atomic E-state index is 8.59. The van der Waals surface area contributed by atoms with Crippen molar-refractivity contribution in [2.24, 2.45) is 10.7 Å². The van der Waals surface area contributed by atoms with Gasteiger partial charge in [-0.25, -0.2) is 0 Å². The van der Waals surface area contributed by atoms with Crippen LogP contribution in [0.5, 0.6) is 0 Å². The van der Waals surface area contributed by atoms with Crippen molar-refractivity contribution in [3.8, 4) is 0 Å². The average molecular weight is 419 g/mol. The number of aliphatic hydroxyl groups is 1. The maximum Gasteiger partial charge on any atom is 0.193 e. The molecule has 0 saturated carbocycles. The molecule has 0 atom stereocenters.